The third-order valence-corrected chi connectivity index (χ3v) is 9.63. The fraction of sp³-hybridized carbons (Fsp3) is 0.630. The van der Waals surface area contributed by atoms with Crippen molar-refractivity contribution in [3.8, 4) is 0 Å². The molecule has 32 heavy (non-hydrogen) atoms. The van der Waals surface area contributed by atoms with Crippen LogP contribution in [0.2, 0.25) is 0 Å². The molecule has 1 N–H and O–H groups in total. The van der Waals surface area contributed by atoms with Gasteiger partial charge in [0.15, 0.2) is 0 Å². The normalized spacial score (nSPS) is 41.9. The Morgan fingerprint density at radius 3 is 2.91 bits per heavy atom. The topological polar surface area (TPSA) is 54.5 Å². The van der Waals surface area contributed by atoms with Gasteiger partial charge in [-0.25, -0.2) is 0 Å². The molecule has 2 saturated carbocycles. The van der Waals surface area contributed by atoms with Crippen molar-refractivity contribution >= 4 is 11.6 Å². The summed E-state index contributed by atoms with van der Waals surface area (Å²) < 4.78 is 7.28. The molecule has 1 aromatic rings. The molecular weight excluding hydrogens is 398 g/mol. The second-order valence-electron chi connectivity index (χ2n) is 11.3. The minimum absolute atomic E-state index is 0.00582. The molecule has 2 unspecified atom stereocenters. The van der Waals surface area contributed by atoms with Gasteiger partial charge in [0.25, 0.3) is 0 Å². The highest BCUT2D eigenvalue weighted by atomic mass is 16.5. The van der Waals surface area contributed by atoms with E-state index in [4.69, 9.17) is 4.74 Å². The van der Waals surface area contributed by atoms with Gasteiger partial charge in [0.1, 0.15) is 0 Å². The number of carbonyl (C=O) groups excluding carboxylic acids is 1. The van der Waals surface area contributed by atoms with E-state index >= 15 is 0 Å². The lowest BCUT2D eigenvalue weighted by molar-refractivity contribution is -0.146. The van der Waals surface area contributed by atoms with Crippen LogP contribution in [-0.4, -0.2) is 47.1 Å². The summed E-state index contributed by atoms with van der Waals surface area (Å²) in [7, 11) is 4.41. The number of amides is 1. The van der Waals surface area contributed by atoms with Gasteiger partial charge in [0.2, 0.25) is 5.91 Å². The van der Waals surface area contributed by atoms with Gasteiger partial charge in [0, 0.05) is 18.2 Å². The van der Waals surface area contributed by atoms with Crippen LogP contribution in [0, 0.1) is 17.3 Å². The third kappa shape index (κ3) is 2.76. The van der Waals surface area contributed by atoms with Gasteiger partial charge >= 0.3 is 0 Å². The second-order valence-corrected chi connectivity index (χ2v) is 11.3. The van der Waals surface area contributed by atoms with Gasteiger partial charge in [-0.15, -0.1) is 0 Å². The molecule has 0 radical (unpaired) electrons. The van der Waals surface area contributed by atoms with E-state index in [1.807, 2.05) is 12.1 Å². The van der Waals surface area contributed by atoms with E-state index in [1.54, 1.807) is 12.4 Å². The quantitative estimate of drug-likeness (QED) is 0.749. The van der Waals surface area contributed by atoms with Crippen molar-refractivity contribution < 1.29 is 9.53 Å². The van der Waals surface area contributed by atoms with Gasteiger partial charge in [-0.1, -0.05) is 19.1 Å². The number of carbonyl (C=O) groups is 1. The van der Waals surface area contributed by atoms with Crippen molar-refractivity contribution in [2.24, 2.45) is 17.3 Å². The van der Waals surface area contributed by atoms with E-state index in [9.17, 15) is 4.79 Å². The highest BCUT2D eigenvalue weighted by Gasteiger charge is 2.67. The van der Waals surface area contributed by atoms with Crippen molar-refractivity contribution in [2.45, 2.75) is 75.5 Å². The highest BCUT2D eigenvalue weighted by molar-refractivity contribution is 5.93. The van der Waals surface area contributed by atoms with E-state index in [1.165, 1.54) is 17.6 Å². The summed E-state index contributed by atoms with van der Waals surface area (Å²) >= 11 is 0. The average molecular weight is 434 g/mol. The number of anilines is 1. The fourth-order valence-corrected chi connectivity index (χ4v) is 7.92. The van der Waals surface area contributed by atoms with Crippen LogP contribution in [-0.2, 0) is 9.53 Å². The zero-order valence-corrected chi connectivity index (χ0v) is 19.6. The number of fused-ring (bicyclic) bond motifs is 1. The summed E-state index contributed by atoms with van der Waals surface area (Å²) in [5.74, 6) is 0.546. The number of nitrogens with zero attached hydrogens (tertiary/aromatic N) is 2. The predicted octanol–water partition coefficient (Wildman–Crippen LogP) is 4.72. The Kier molecular flexibility index (Phi) is 4.51. The minimum Gasteiger partial charge on any atom is -0.359 e. The Labute approximate surface area is 191 Å². The Balaban J connectivity index is 1.31. The maximum atomic E-state index is 13.4. The monoisotopic (exact) mass is 433 g/mol. The summed E-state index contributed by atoms with van der Waals surface area (Å²) in [5.41, 5.74) is 3.38. The molecule has 3 fully saturated rings. The molecule has 3 aliphatic carbocycles. The molecule has 170 valence electrons. The zero-order valence-electron chi connectivity index (χ0n) is 19.6. The van der Waals surface area contributed by atoms with Crippen LogP contribution in [0.5, 0.6) is 0 Å². The third-order valence-electron chi connectivity index (χ3n) is 9.63. The van der Waals surface area contributed by atoms with Crippen molar-refractivity contribution in [1.29, 1.82) is 0 Å². The molecule has 1 amide bonds. The first-order valence-electron chi connectivity index (χ1n) is 12.4. The van der Waals surface area contributed by atoms with Crippen LogP contribution < -0.4 is 5.32 Å². The smallest absolute Gasteiger partial charge is 0.228 e. The number of pyridine rings is 1. The van der Waals surface area contributed by atoms with Crippen molar-refractivity contribution in [3.63, 3.8) is 0 Å². The van der Waals surface area contributed by atoms with Gasteiger partial charge < -0.3 is 15.0 Å². The van der Waals surface area contributed by atoms with Crippen LogP contribution in [0.15, 0.2) is 47.8 Å². The van der Waals surface area contributed by atoms with E-state index in [-0.39, 0.29) is 28.4 Å². The molecule has 3 heterocycles. The average Bonchev–Trinajstić information content (AvgIpc) is 3.29. The van der Waals surface area contributed by atoms with E-state index < -0.39 is 0 Å². The van der Waals surface area contributed by atoms with Crippen molar-refractivity contribution in [1.82, 2.24) is 9.88 Å². The maximum Gasteiger partial charge on any atom is 0.228 e. The number of hydrogen-bond acceptors (Lipinski definition) is 4. The molecular formula is C27H35N3O2. The fourth-order valence-electron chi connectivity index (χ4n) is 7.92. The van der Waals surface area contributed by atoms with E-state index in [2.05, 4.69) is 48.4 Å². The standard InChI is InChI=1S/C27H35N3O2/c1-25-11-10-19-15-18-6-7-21(30(2)3)16-26(18)12-13-27(19,32-26)23(25)9-8-22(25)24(31)29-20-5-4-14-28-17-20/h4-5,10,14-15,17,21-23H,6-9,11-13,16H2,1-3H3,(H,29,31)/t21?,22?,23-,25-,26-,27-/m1/s1. The number of hydrogen-bond donors (Lipinski definition) is 1. The second kappa shape index (κ2) is 7.01. The van der Waals surface area contributed by atoms with Crippen LogP contribution in [0.1, 0.15) is 58.3 Å². The summed E-state index contributed by atoms with van der Waals surface area (Å²) in [5, 5.41) is 3.14. The summed E-state index contributed by atoms with van der Waals surface area (Å²) in [6.45, 7) is 2.34. The number of nitrogens with one attached hydrogen (secondary N) is 1. The number of ether oxygens (including phenoxy) is 1. The molecule has 5 heteroatoms. The lowest BCUT2D eigenvalue weighted by Gasteiger charge is -2.54. The molecule has 6 rings (SSSR count). The number of rotatable bonds is 3. The first-order valence-corrected chi connectivity index (χ1v) is 12.4. The molecule has 5 nitrogen and oxygen atoms in total. The largest absolute Gasteiger partial charge is 0.359 e. The number of aromatic nitrogens is 1. The van der Waals surface area contributed by atoms with Gasteiger partial charge in [-0.2, -0.15) is 0 Å². The molecule has 1 aromatic heterocycles. The predicted molar refractivity (Wildman–Crippen MR) is 125 cm³/mol. The Bertz CT molecular complexity index is 1000. The highest BCUT2D eigenvalue weighted by Crippen LogP contribution is 2.67. The molecule has 2 aliphatic heterocycles. The van der Waals surface area contributed by atoms with Gasteiger partial charge in [-0.05, 0) is 100 Å². The maximum absolute atomic E-state index is 13.4. The summed E-state index contributed by atoms with van der Waals surface area (Å²) in [6, 6.07) is 4.37. The molecule has 2 bridgehead atoms. The first kappa shape index (κ1) is 20.6. The van der Waals surface area contributed by atoms with Crippen LogP contribution in [0.3, 0.4) is 0 Å². The van der Waals surface area contributed by atoms with Gasteiger partial charge in [-0.3, -0.25) is 9.78 Å². The first-order chi connectivity index (χ1) is 15.4. The number of allylic oxidation sites excluding steroid dienone is 1. The van der Waals surface area contributed by atoms with Crippen molar-refractivity contribution in [3.05, 3.63) is 47.8 Å². The lowest BCUT2D eigenvalue weighted by atomic mass is 9.58. The summed E-state index contributed by atoms with van der Waals surface area (Å²) in [6.07, 6.45) is 17.1. The summed E-state index contributed by atoms with van der Waals surface area (Å²) in [4.78, 5) is 19.9. The lowest BCUT2D eigenvalue weighted by Crippen LogP contribution is -2.55. The molecule has 5 aliphatic rings. The molecule has 2 spiro atoms. The SMILES string of the molecule is CN(C)C1CCC2=CC3=CC[C@]4(C)C(C(=O)Nc5cccnc5)CC[C@H]4[C@@]34CC[C@]2(C1)O4. The van der Waals surface area contributed by atoms with Crippen molar-refractivity contribution in [2.75, 3.05) is 19.4 Å². The van der Waals surface area contributed by atoms with E-state index in [0.29, 0.717) is 12.0 Å². The minimum atomic E-state index is -0.200. The Morgan fingerprint density at radius 2 is 2.12 bits per heavy atom. The van der Waals surface area contributed by atoms with Crippen LogP contribution in [0.4, 0.5) is 5.69 Å². The molecule has 0 aromatic carbocycles. The Hall–Kier alpha value is -1.98. The molecule has 6 atom stereocenters. The van der Waals surface area contributed by atoms with Crippen LogP contribution in [0.25, 0.3) is 0 Å². The van der Waals surface area contributed by atoms with E-state index in [0.717, 1.165) is 50.6 Å². The van der Waals surface area contributed by atoms with Crippen LogP contribution >= 0.6 is 0 Å². The zero-order chi connectivity index (χ0) is 22.1. The Morgan fingerprint density at radius 1 is 1.25 bits per heavy atom. The molecule has 1 saturated heterocycles. The van der Waals surface area contributed by atoms with Gasteiger partial charge in [0.05, 0.1) is 23.1 Å².